The van der Waals surface area contributed by atoms with Crippen molar-refractivity contribution < 1.29 is 4.39 Å². The monoisotopic (exact) mass is 237 g/mol. The number of hydrogen-bond acceptors (Lipinski definition) is 1. The van der Waals surface area contributed by atoms with Crippen molar-refractivity contribution >= 4 is 0 Å². The molecule has 0 spiro atoms. The van der Waals surface area contributed by atoms with E-state index in [0.717, 1.165) is 43.4 Å². The van der Waals surface area contributed by atoms with Gasteiger partial charge in [-0.2, -0.15) is 0 Å². The van der Waals surface area contributed by atoms with E-state index in [1.807, 2.05) is 19.1 Å². The SMILES string of the molecule is CCCCC(NCCC)c1ccc(C)cc1F. The van der Waals surface area contributed by atoms with Crippen LogP contribution in [-0.4, -0.2) is 6.54 Å². The van der Waals surface area contributed by atoms with E-state index >= 15 is 0 Å². The van der Waals surface area contributed by atoms with E-state index in [4.69, 9.17) is 0 Å². The lowest BCUT2D eigenvalue weighted by Crippen LogP contribution is -2.23. The zero-order valence-corrected chi connectivity index (χ0v) is 11.2. The maximum Gasteiger partial charge on any atom is 0.128 e. The molecule has 96 valence electrons. The lowest BCUT2D eigenvalue weighted by Gasteiger charge is -2.19. The summed E-state index contributed by atoms with van der Waals surface area (Å²) in [5.41, 5.74) is 1.80. The fraction of sp³-hybridized carbons (Fsp3) is 0.600. The van der Waals surface area contributed by atoms with Gasteiger partial charge in [-0.3, -0.25) is 0 Å². The normalized spacial score (nSPS) is 12.7. The molecule has 0 saturated carbocycles. The molecule has 0 amide bonds. The topological polar surface area (TPSA) is 12.0 Å². The molecule has 0 radical (unpaired) electrons. The summed E-state index contributed by atoms with van der Waals surface area (Å²) in [7, 11) is 0. The van der Waals surface area contributed by atoms with Gasteiger partial charge in [0.2, 0.25) is 0 Å². The standard InChI is InChI=1S/C15H24FN/c1-4-6-7-15(17-10-5-2)13-9-8-12(3)11-14(13)16/h8-9,11,15,17H,4-7,10H2,1-3H3. The van der Waals surface area contributed by atoms with Gasteiger partial charge in [0.1, 0.15) is 5.82 Å². The number of hydrogen-bond donors (Lipinski definition) is 1. The van der Waals surface area contributed by atoms with Crippen molar-refractivity contribution in [1.29, 1.82) is 0 Å². The quantitative estimate of drug-likeness (QED) is 0.742. The predicted molar refractivity (Wildman–Crippen MR) is 71.7 cm³/mol. The third kappa shape index (κ3) is 4.47. The first-order valence-electron chi connectivity index (χ1n) is 6.68. The average Bonchev–Trinajstić information content (AvgIpc) is 2.30. The molecular weight excluding hydrogens is 213 g/mol. The number of halogens is 1. The van der Waals surface area contributed by atoms with Crippen molar-refractivity contribution in [3.05, 3.63) is 35.1 Å². The van der Waals surface area contributed by atoms with Gasteiger partial charge in [-0.25, -0.2) is 4.39 Å². The van der Waals surface area contributed by atoms with Crippen LogP contribution in [0.15, 0.2) is 18.2 Å². The van der Waals surface area contributed by atoms with Crippen molar-refractivity contribution in [2.24, 2.45) is 0 Å². The highest BCUT2D eigenvalue weighted by Crippen LogP contribution is 2.23. The molecule has 0 aromatic heterocycles. The van der Waals surface area contributed by atoms with Gasteiger partial charge in [-0.15, -0.1) is 0 Å². The van der Waals surface area contributed by atoms with Crippen molar-refractivity contribution in [2.45, 2.75) is 52.5 Å². The molecule has 1 nitrogen and oxygen atoms in total. The summed E-state index contributed by atoms with van der Waals surface area (Å²) in [6.07, 6.45) is 4.37. The van der Waals surface area contributed by atoms with E-state index in [9.17, 15) is 4.39 Å². The predicted octanol–water partition coefficient (Wildman–Crippen LogP) is 4.37. The summed E-state index contributed by atoms with van der Waals surface area (Å²) < 4.78 is 13.9. The summed E-state index contributed by atoms with van der Waals surface area (Å²) in [6.45, 7) is 7.17. The van der Waals surface area contributed by atoms with Crippen LogP contribution in [0.3, 0.4) is 0 Å². The molecule has 1 aromatic carbocycles. The smallest absolute Gasteiger partial charge is 0.128 e. The van der Waals surface area contributed by atoms with Crippen LogP contribution >= 0.6 is 0 Å². The molecule has 1 unspecified atom stereocenters. The van der Waals surface area contributed by atoms with Gasteiger partial charge in [0.15, 0.2) is 0 Å². The Bertz CT molecular complexity index is 328. The van der Waals surface area contributed by atoms with Gasteiger partial charge in [0.05, 0.1) is 0 Å². The Labute approximate surface area is 104 Å². The molecule has 17 heavy (non-hydrogen) atoms. The second-order valence-corrected chi connectivity index (χ2v) is 4.67. The Hall–Kier alpha value is -0.890. The molecule has 0 aliphatic carbocycles. The highest BCUT2D eigenvalue weighted by Gasteiger charge is 2.14. The molecule has 1 atom stereocenters. The third-order valence-corrected chi connectivity index (χ3v) is 3.02. The molecule has 0 heterocycles. The fourth-order valence-corrected chi connectivity index (χ4v) is 2.01. The lowest BCUT2D eigenvalue weighted by molar-refractivity contribution is 0.459. The average molecular weight is 237 g/mol. The van der Waals surface area contributed by atoms with Gasteiger partial charge in [-0.05, 0) is 37.9 Å². The van der Waals surface area contributed by atoms with Crippen LogP contribution in [-0.2, 0) is 0 Å². The van der Waals surface area contributed by atoms with Crippen molar-refractivity contribution in [3.63, 3.8) is 0 Å². The Kier molecular flexibility index (Phi) is 6.20. The van der Waals surface area contributed by atoms with Crippen LogP contribution in [0.5, 0.6) is 0 Å². The molecule has 0 fully saturated rings. The Morgan fingerprint density at radius 2 is 2.00 bits per heavy atom. The molecule has 2 heteroatoms. The third-order valence-electron chi connectivity index (χ3n) is 3.02. The first-order chi connectivity index (χ1) is 8.19. The summed E-state index contributed by atoms with van der Waals surface area (Å²) in [4.78, 5) is 0. The Morgan fingerprint density at radius 3 is 2.59 bits per heavy atom. The van der Waals surface area contributed by atoms with E-state index in [1.165, 1.54) is 0 Å². The van der Waals surface area contributed by atoms with E-state index in [1.54, 1.807) is 6.07 Å². The highest BCUT2D eigenvalue weighted by atomic mass is 19.1. The number of benzene rings is 1. The largest absolute Gasteiger partial charge is 0.310 e. The minimum absolute atomic E-state index is 0.0743. The van der Waals surface area contributed by atoms with Crippen LogP contribution < -0.4 is 5.32 Å². The second-order valence-electron chi connectivity index (χ2n) is 4.67. The maximum absolute atomic E-state index is 13.9. The number of unbranched alkanes of at least 4 members (excludes halogenated alkanes) is 1. The van der Waals surface area contributed by atoms with Crippen LogP contribution in [0.2, 0.25) is 0 Å². The summed E-state index contributed by atoms with van der Waals surface area (Å²) >= 11 is 0. The molecule has 0 aliphatic rings. The summed E-state index contributed by atoms with van der Waals surface area (Å²) in [5.74, 6) is -0.0743. The highest BCUT2D eigenvalue weighted by molar-refractivity contribution is 5.26. The molecule has 0 bridgehead atoms. The maximum atomic E-state index is 13.9. The van der Waals surface area contributed by atoms with E-state index in [-0.39, 0.29) is 11.9 Å². The fourth-order valence-electron chi connectivity index (χ4n) is 2.01. The minimum atomic E-state index is -0.0743. The number of rotatable bonds is 7. The second kappa shape index (κ2) is 7.44. The first-order valence-corrected chi connectivity index (χ1v) is 6.68. The van der Waals surface area contributed by atoms with E-state index in [2.05, 4.69) is 19.2 Å². The van der Waals surface area contributed by atoms with Gasteiger partial charge in [0, 0.05) is 11.6 Å². The number of aryl methyl sites for hydroxylation is 1. The van der Waals surface area contributed by atoms with Crippen molar-refractivity contribution in [2.75, 3.05) is 6.54 Å². The molecule has 1 rings (SSSR count). The number of nitrogens with one attached hydrogen (secondary N) is 1. The van der Waals surface area contributed by atoms with Gasteiger partial charge < -0.3 is 5.32 Å². The zero-order valence-electron chi connectivity index (χ0n) is 11.2. The van der Waals surface area contributed by atoms with Gasteiger partial charge in [-0.1, -0.05) is 38.8 Å². The van der Waals surface area contributed by atoms with Crippen LogP contribution in [0.25, 0.3) is 0 Å². The summed E-state index contributed by atoms with van der Waals surface area (Å²) in [6, 6.07) is 5.70. The van der Waals surface area contributed by atoms with Crippen molar-refractivity contribution in [1.82, 2.24) is 5.32 Å². The lowest BCUT2D eigenvalue weighted by atomic mass is 9.99. The van der Waals surface area contributed by atoms with Crippen LogP contribution in [0.4, 0.5) is 4.39 Å². The Morgan fingerprint density at radius 1 is 1.24 bits per heavy atom. The zero-order chi connectivity index (χ0) is 12.7. The van der Waals surface area contributed by atoms with Gasteiger partial charge >= 0.3 is 0 Å². The molecule has 0 saturated heterocycles. The van der Waals surface area contributed by atoms with Gasteiger partial charge in [0.25, 0.3) is 0 Å². The molecule has 1 N–H and O–H groups in total. The van der Waals surface area contributed by atoms with E-state index in [0.29, 0.717) is 0 Å². The first kappa shape index (κ1) is 14.2. The summed E-state index contributed by atoms with van der Waals surface area (Å²) in [5, 5.41) is 3.44. The van der Waals surface area contributed by atoms with Crippen LogP contribution in [0.1, 0.15) is 56.7 Å². The van der Waals surface area contributed by atoms with Crippen LogP contribution in [0, 0.1) is 12.7 Å². The Balaban J connectivity index is 2.79. The van der Waals surface area contributed by atoms with E-state index < -0.39 is 0 Å². The molecule has 1 aromatic rings. The van der Waals surface area contributed by atoms with Crippen molar-refractivity contribution in [3.8, 4) is 0 Å². The minimum Gasteiger partial charge on any atom is -0.310 e. The molecule has 0 aliphatic heterocycles. The molecular formula is C15H24FN.